The predicted molar refractivity (Wildman–Crippen MR) is 67.8 cm³/mol. The summed E-state index contributed by atoms with van der Waals surface area (Å²) in [4.78, 5) is 0. The first-order valence-corrected chi connectivity index (χ1v) is 5.74. The molecule has 1 aromatic carbocycles. The third-order valence-corrected chi connectivity index (χ3v) is 2.42. The monoisotopic (exact) mass is 248 g/mol. The molecule has 2 N–H and O–H groups in total. The van der Waals surface area contributed by atoms with Crippen LogP contribution in [0.25, 0.3) is 0 Å². The highest BCUT2D eigenvalue weighted by atomic mass is 16.5. The van der Waals surface area contributed by atoms with E-state index in [1.165, 1.54) is 0 Å². The smallest absolute Gasteiger partial charge is 0.238 e. The van der Waals surface area contributed by atoms with E-state index in [4.69, 9.17) is 15.2 Å². The van der Waals surface area contributed by atoms with Gasteiger partial charge in [-0.25, -0.2) is 4.68 Å². The zero-order valence-electron chi connectivity index (χ0n) is 10.5. The Morgan fingerprint density at radius 2 is 2.17 bits per heavy atom. The van der Waals surface area contributed by atoms with Crippen LogP contribution in [0.2, 0.25) is 0 Å². The van der Waals surface area contributed by atoms with Gasteiger partial charge in [-0.15, -0.1) is 5.10 Å². The summed E-state index contributed by atoms with van der Waals surface area (Å²) in [7, 11) is 1.57. The van der Waals surface area contributed by atoms with Crippen LogP contribution < -0.4 is 15.2 Å². The Balaban J connectivity index is 2.25. The van der Waals surface area contributed by atoms with Crippen LogP contribution in [0.4, 0.5) is 5.69 Å². The fourth-order valence-electron chi connectivity index (χ4n) is 1.58. The van der Waals surface area contributed by atoms with E-state index in [9.17, 15) is 0 Å². The highest BCUT2D eigenvalue weighted by molar-refractivity contribution is 5.52. The summed E-state index contributed by atoms with van der Waals surface area (Å²) in [6.07, 6.45) is 2.53. The van der Waals surface area contributed by atoms with E-state index in [-0.39, 0.29) is 0 Å². The van der Waals surface area contributed by atoms with Crippen molar-refractivity contribution < 1.29 is 9.47 Å². The fourth-order valence-corrected chi connectivity index (χ4v) is 1.58. The number of aromatic nitrogens is 3. The van der Waals surface area contributed by atoms with Crippen LogP contribution in [-0.2, 0) is 6.54 Å². The zero-order chi connectivity index (χ0) is 13.0. The molecule has 6 heteroatoms. The summed E-state index contributed by atoms with van der Waals surface area (Å²) in [5.74, 6) is 1.76. The molecule has 0 radical (unpaired) electrons. The molecule has 0 aliphatic heterocycles. The van der Waals surface area contributed by atoms with Gasteiger partial charge in [0.05, 0.1) is 7.11 Å². The maximum absolute atomic E-state index is 5.74. The lowest BCUT2D eigenvalue weighted by atomic mass is 10.3. The van der Waals surface area contributed by atoms with Gasteiger partial charge in [0.15, 0.2) is 11.5 Å². The number of aryl methyl sites for hydroxylation is 1. The van der Waals surface area contributed by atoms with E-state index in [0.717, 1.165) is 13.0 Å². The lowest BCUT2D eigenvalue weighted by Crippen LogP contribution is -2.02. The predicted octanol–water partition coefficient (Wildman–Crippen LogP) is 2.07. The lowest BCUT2D eigenvalue weighted by molar-refractivity contribution is 0.359. The minimum absolute atomic E-state index is 0.583. The molecule has 2 aromatic rings. The summed E-state index contributed by atoms with van der Waals surface area (Å²) in [6.45, 7) is 2.82. The Hall–Kier alpha value is -2.24. The van der Waals surface area contributed by atoms with Crippen molar-refractivity contribution in [3.8, 4) is 17.4 Å². The number of hydrogen-bond acceptors (Lipinski definition) is 5. The summed E-state index contributed by atoms with van der Waals surface area (Å²) in [5, 5.41) is 7.78. The van der Waals surface area contributed by atoms with Crippen molar-refractivity contribution in [2.45, 2.75) is 19.9 Å². The number of nitrogen functional groups attached to an aromatic ring is 1. The Morgan fingerprint density at radius 1 is 1.33 bits per heavy atom. The van der Waals surface area contributed by atoms with Gasteiger partial charge < -0.3 is 15.2 Å². The van der Waals surface area contributed by atoms with Gasteiger partial charge in [-0.1, -0.05) is 12.1 Å². The number of nitrogens with two attached hydrogens (primary N) is 1. The van der Waals surface area contributed by atoms with E-state index in [0.29, 0.717) is 23.1 Å². The fraction of sp³-hybridized carbons (Fsp3) is 0.333. The topological polar surface area (TPSA) is 75.2 Å². The van der Waals surface area contributed by atoms with Gasteiger partial charge in [0.2, 0.25) is 5.88 Å². The summed E-state index contributed by atoms with van der Waals surface area (Å²) in [6, 6.07) is 5.23. The highest BCUT2D eigenvalue weighted by Gasteiger charge is 2.10. The normalized spacial score (nSPS) is 10.3. The third-order valence-electron chi connectivity index (χ3n) is 2.42. The quantitative estimate of drug-likeness (QED) is 0.820. The van der Waals surface area contributed by atoms with E-state index in [1.54, 1.807) is 36.2 Å². The lowest BCUT2D eigenvalue weighted by Gasteiger charge is -2.11. The van der Waals surface area contributed by atoms with Crippen LogP contribution in [0.1, 0.15) is 13.3 Å². The number of benzene rings is 1. The molecule has 0 amide bonds. The van der Waals surface area contributed by atoms with Gasteiger partial charge in [0.1, 0.15) is 6.20 Å². The van der Waals surface area contributed by atoms with Crippen LogP contribution in [-0.4, -0.2) is 22.1 Å². The second kappa shape index (κ2) is 5.39. The Morgan fingerprint density at radius 3 is 2.89 bits per heavy atom. The molecule has 2 rings (SSSR count). The van der Waals surface area contributed by atoms with E-state index in [1.807, 2.05) is 0 Å². The standard InChI is InChI=1S/C12H16N4O2/c1-3-6-16-12(8-14-15-16)18-10-5-4-9(13)7-11(10)17-2/h4-5,7-8H,3,6,13H2,1-2H3. The van der Waals surface area contributed by atoms with Crippen LogP contribution in [0.15, 0.2) is 24.4 Å². The summed E-state index contributed by atoms with van der Waals surface area (Å²) >= 11 is 0. The van der Waals surface area contributed by atoms with Crippen molar-refractivity contribution in [3.63, 3.8) is 0 Å². The van der Waals surface area contributed by atoms with E-state index in [2.05, 4.69) is 17.2 Å². The first kappa shape index (κ1) is 12.2. The SMILES string of the molecule is CCCn1nncc1Oc1ccc(N)cc1OC. The molecule has 0 aliphatic carbocycles. The summed E-state index contributed by atoms with van der Waals surface area (Å²) in [5.41, 5.74) is 6.31. The van der Waals surface area contributed by atoms with Gasteiger partial charge in [-0.2, -0.15) is 0 Å². The van der Waals surface area contributed by atoms with Crippen molar-refractivity contribution >= 4 is 5.69 Å². The molecule has 96 valence electrons. The third kappa shape index (κ3) is 2.53. The van der Waals surface area contributed by atoms with Crippen molar-refractivity contribution in [2.24, 2.45) is 0 Å². The number of methoxy groups -OCH3 is 1. The molecule has 0 saturated heterocycles. The average molecular weight is 248 g/mol. The minimum Gasteiger partial charge on any atom is -0.493 e. The van der Waals surface area contributed by atoms with Crippen LogP contribution in [0.3, 0.4) is 0 Å². The summed E-state index contributed by atoms with van der Waals surface area (Å²) < 4.78 is 12.7. The van der Waals surface area contributed by atoms with Crippen molar-refractivity contribution in [3.05, 3.63) is 24.4 Å². The van der Waals surface area contributed by atoms with Crippen molar-refractivity contribution in [1.29, 1.82) is 0 Å². The molecule has 0 aliphatic rings. The number of anilines is 1. The van der Waals surface area contributed by atoms with Gasteiger partial charge in [-0.3, -0.25) is 0 Å². The zero-order valence-corrected chi connectivity index (χ0v) is 10.5. The largest absolute Gasteiger partial charge is 0.493 e. The number of hydrogen-bond donors (Lipinski definition) is 1. The Labute approximate surface area is 105 Å². The van der Waals surface area contributed by atoms with Gasteiger partial charge in [0, 0.05) is 18.3 Å². The van der Waals surface area contributed by atoms with Crippen molar-refractivity contribution in [1.82, 2.24) is 15.0 Å². The maximum atomic E-state index is 5.74. The van der Waals surface area contributed by atoms with E-state index >= 15 is 0 Å². The molecular formula is C12H16N4O2. The number of ether oxygens (including phenoxy) is 2. The molecule has 0 fully saturated rings. The first-order chi connectivity index (χ1) is 8.74. The molecule has 18 heavy (non-hydrogen) atoms. The number of nitrogens with zero attached hydrogens (tertiary/aromatic N) is 3. The Bertz CT molecular complexity index is 525. The molecule has 1 aromatic heterocycles. The molecule has 1 heterocycles. The van der Waals surface area contributed by atoms with Gasteiger partial charge in [-0.05, 0) is 18.6 Å². The molecule has 0 spiro atoms. The second-order valence-corrected chi connectivity index (χ2v) is 3.81. The van der Waals surface area contributed by atoms with Crippen LogP contribution in [0, 0.1) is 0 Å². The molecule has 0 unspecified atom stereocenters. The van der Waals surface area contributed by atoms with Crippen LogP contribution in [0.5, 0.6) is 17.4 Å². The second-order valence-electron chi connectivity index (χ2n) is 3.81. The maximum Gasteiger partial charge on any atom is 0.238 e. The average Bonchev–Trinajstić information content (AvgIpc) is 2.79. The Kier molecular flexibility index (Phi) is 3.66. The van der Waals surface area contributed by atoms with Gasteiger partial charge in [0.25, 0.3) is 0 Å². The minimum atomic E-state index is 0.583. The molecular weight excluding hydrogens is 232 g/mol. The molecule has 0 saturated carbocycles. The molecule has 0 bridgehead atoms. The highest BCUT2D eigenvalue weighted by Crippen LogP contribution is 2.32. The first-order valence-electron chi connectivity index (χ1n) is 5.74. The van der Waals surface area contributed by atoms with Crippen molar-refractivity contribution in [2.75, 3.05) is 12.8 Å². The molecule has 0 atom stereocenters. The van der Waals surface area contributed by atoms with Gasteiger partial charge >= 0.3 is 0 Å². The van der Waals surface area contributed by atoms with Crippen LogP contribution >= 0.6 is 0 Å². The number of rotatable bonds is 5. The molecule has 6 nitrogen and oxygen atoms in total. The van der Waals surface area contributed by atoms with E-state index < -0.39 is 0 Å².